The van der Waals surface area contributed by atoms with Crippen LogP contribution >= 0.6 is 0 Å². The molecule has 6 nitrogen and oxygen atoms in total. The highest BCUT2D eigenvalue weighted by atomic mass is 16.5. The van der Waals surface area contributed by atoms with Crippen molar-refractivity contribution in [3.63, 3.8) is 0 Å². The number of nitrogens with zero attached hydrogens (tertiary/aromatic N) is 1. The molecule has 1 unspecified atom stereocenters. The molecule has 0 saturated heterocycles. The van der Waals surface area contributed by atoms with Crippen LogP contribution in [-0.2, 0) is 14.3 Å². The molecule has 6 heteroatoms. The van der Waals surface area contributed by atoms with E-state index in [0.717, 1.165) is 5.57 Å². The molecule has 0 heterocycles. The number of hydrogen-bond acceptors (Lipinski definition) is 5. The largest absolute Gasteiger partial charge is 0.461 e. The maximum atomic E-state index is 12.4. The molecule has 29 heavy (non-hydrogen) atoms. The fraction of sp³-hybridized carbons (Fsp3) is 0.348. The summed E-state index contributed by atoms with van der Waals surface area (Å²) in [6, 6.07) is 6.45. The Balaban J connectivity index is 2.72. The van der Waals surface area contributed by atoms with Crippen molar-refractivity contribution in [3.05, 3.63) is 65.3 Å². The van der Waals surface area contributed by atoms with Gasteiger partial charge in [-0.15, -0.1) is 0 Å². The van der Waals surface area contributed by atoms with Crippen molar-refractivity contribution < 1.29 is 23.9 Å². The highest BCUT2D eigenvalue weighted by Gasteiger charge is 2.16. The summed E-state index contributed by atoms with van der Waals surface area (Å²) in [7, 11) is 3.41. The smallest absolute Gasteiger partial charge is 0.341 e. The molecule has 0 aliphatic rings. The van der Waals surface area contributed by atoms with Gasteiger partial charge >= 0.3 is 11.9 Å². The predicted octanol–water partition coefficient (Wildman–Crippen LogP) is 3.94. The topological polar surface area (TPSA) is 72.9 Å². The molecule has 1 aromatic rings. The van der Waals surface area contributed by atoms with Crippen LogP contribution in [0.5, 0.6) is 5.75 Å². The summed E-state index contributed by atoms with van der Waals surface area (Å²) in [6.45, 7) is 7.13. The lowest BCUT2D eigenvalue weighted by atomic mass is 10.0. The molecule has 1 amide bonds. The average molecular weight is 399 g/mol. The minimum absolute atomic E-state index is 0.0249. The van der Waals surface area contributed by atoms with Gasteiger partial charge in [-0.2, -0.15) is 0 Å². The van der Waals surface area contributed by atoms with E-state index < -0.39 is 11.9 Å². The van der Waals surface area contributed by atoms with Crippen LogP contribution in [-0.4, -0.2) is 43.4 Å². The lowest BCUT2D eigenvalue weighted by molar-refractivity contribution is -0.132. The molecule has 1 atom stereocenters. The van der Waals surface area contributed by atoms with E-state index >= 15 is 0 Å². The van der Waals surface area contributed by atoms with E-state index in [-0.39, 0.29) is 29.7 Å². The van der Waals surface area contributed by atoms with Crippen molar-refractivity contribution in [2.24, 2.45) is 5.92 Å². The Morgan fingerprint density at radius 1 is 1.14 bits per heavy atom. The zero-order chi connectivity index (χ0) is 22.0. The quantitative estimate of drug-likeness (QED) is 0.286. The van der Waals surface area contributed by atoms with Crippen LogP contribution in [0.3, 0.4) is 0 Å². The SMILES string of the molecule is CC=C(C=CC=C(C)C(C)COC(=O)c1ccccc1OC(C)=O)C(=O)N(C)C. The van der Waals surface area contributed by atoms with Crippen LogP contribution in [0.25, 0.3) is 0 Å². The van der Waals surface area contributed by atoms with Crippen LogP contribution in [0.2, 0.25) is 0 Å². The van der Waals surface area contributed by atoms with Crippen molar-refractivity contribution in [2.75, 3.05) is 20.7 Å². The Morgan fingerprint density at radius 3 is 2.38 bits per heavy atom. The number of likely N-dealkylation sites (N-methyl/N-ethyl adjacent to an activating group) is 1. The Labute approximate surface area is 172 Å². The lowest BCUT2D eigenvalue weighted by Crippen LogP contribution is -2.22. The first-order valence-corrected chi connectivity index (χ1v) is 9.34. The number of allylic oxidation sites excluding steroid dienone is 3. The summed E-state index contributed by atoms with van der Waals surface area (Å²) >= 11 is 0. The summed E-state index contributed by atoms with van der Waals surface area (Å²) in [6.07, 6.45) is 7.20. The molecular weight excluding hydrogens is 370 g/mol. The Kier molecular flexibility index (Phi) is 9.59. The number of ether oxygens (including phenoxy) is 2. The number of amides is 1. The normalized spacial score (nSPS) is 13.2. The van der Waals surface area contributed by atoms with Gasteiger partial charge < -0.3 is 14.4 Å². The Hall–Kier alpha value is -3.15. The Bertz CT molecular complexity index is 833. The minimum atomic E-state index is -0.551. The van der Waals surface area contributed by atoms with Gasteiger partial charge in [0.15, 0.2) is 0 Å². The second-order valence-corrected chi connectivity index (χ2v) is 6.80. The van der Waals surface area contributed by atoms with E-state index in [0.29, 0.717) is 5.57 Å². The molecule has 1 rings (SSSR count). The van der Waals surface area contributed by atoms with Gasteiger partial charge in [-0.3, -0.25) is 9.59 Å². The van der Waals surface area contributed by atoms with Crippen molar-refractivity contribution in [2.45, 2.75) is 27.7 Å². The van der Waals surface area contributed by atoms with Crippen molar-refractivity contribution in [1.29, 1.82) is 0 Å². The van der Waals surface area contributed by atoms with Gasteiger partial charge in [-0.05, 0) is 32.1 Å². The van der Waals surface area contributed by atoms with Crippen LogP contribution in [0.4, 0.5) is 0 Å². The van der Waals surface area contributed by atoms with E-state index in [9.17, 15) is 14.4 Å². The average Bonchev–Trinajstić information content (AvgIpc) is 2.68. The van der Waals surface area contributed by atoms with Gasteiger partial charge in [0.2, 0.25) is 0 Å². The standard InChI is InChI=1S/C23H29NO5/c1-7-19(22(26)24(5)6)12-10-11-16(2)17(3)15-28-23(27)20-13-8-9-14-21(20)29-18(4)25/h7-14,17H,15H2,1-6H3. The summed E-state index contributed by atoms with van der Waals surface area (Å²) < 4.78 is 10.4. The summed E-state index contributed by atoms with van der Waals surface area (Å²) in [4.78, 5) is 37.0. The second kappa shape index (κ2) is 11.6. The number of hydrogen-bond donors (Lipinski definition) is 0. The number of esters is 2. The molecule has 0 aromatic heterocycles. The molecule has 0 fully saturated rings. The first kappa shape index (κ1) is 23.9. The lowest BCUT2D eigenvalue weighted by Gasteiger charge is -2.14. The van der Waals surface area contributed by atoms with Crippen molar-refractivity contribution >= 4 is 17.8 Å². The fourth-order valence-corrected chi connectivity index (χ4v) is 2.31. The molecule has 0 bridgehead atoms. The van der Waals surface area contributed by atoms with Crippen LogP contribution < -0.4 is 4.74 Å². The third-order valence-corrected chi connectivity index (χ3v) is 4.20. The zero-order valence-electron chi connectivity index (χ0n) is 17.9. The molecule has 0 spiro atoms. The monoisotopic (exact) mass is 399 g/mol. The third kappa shape index (κ3) is 7.78. The molecule has 156 valence electrons. The molecule has 0 radical (unpaired) electrons. The van der Waals surface area contributed by atoms with Crippen LogP contribution in [0.1, 0.15) is 38.1 Å². The molecule has 0 saturated carbocycles. The van der Waals surface area contributed by atoms with Gasteiger partial charge in [-0.25, -0.2) is 4.79 Å². The van der Waals surface area contributed by atoms with Crippen molar-refractivity contribution in [1.82, 2.24) is 4.90 Å². The van der Waals surface area contributed by atoms with Crippen LogP contribution in [0.15, 0.2) is 59.7 Å². The maximum absolute atomic E-state index is 12.4. The Morgan fingerprint density at radius 2 is 1.79 bits per heavy atom. The highest BCUT2D eigenvalue weighted by molar-refractivity contribution is 5.95. The first-order valence-electron chi connectivity index (χ1n) is 9.34. The van der Waals surface area contributed by atoms with Gasteiger partial charge in [-0.1, -0.05) is 42.9 Å². The molecule has 0 aliphatic heterocycles. The van der Waals surface area contributed by atoms with E-state index in [1.165, 1.54) is 11.8 Å². The van der Waals surface area contributed by atoms with Crippen LogP contribution in [0, 0.1) is 5.92 Å². The molecule has 0 aliphatic carbocycles. The first-order chi connectivity index (χ1) is 13.7. The van der Waals surface area contributed by atoms with E-state index in [1.807, 2.05) is 26.8 Å². The van der Waals surface area contributed by atoms with Gasteiger partial charge in [0, 0.05) is 32.5 Å². The number of rotatable bonds is 8. The summed E-state index contributed by atoms with van der Waals surface area (Å²) in [5, 5.41) is 0. The maximum Gasteiger partial charge on any atom is 0.341 e. The number of para-hydroxylation sites is 1. The predicted molar refractivity (Wildman–Crippen MR) is 113 cm³/mol. The molecule has 1 aromatic carbocycles. The second-order valence-electron chi connectivity index (χ2n) is 6.80. The molecular formula is C23H29NO5. The van der Waals surface area contributed by atoms with E-state index in [4.69, 9.17) is 9.47 Å². The summed E-state index contributed by atoms with van der Waals surface area (Å²) in [5.41, 5.74) is 1.80. The zero-order valence-corrected chi connectivity index (χ0v) is 17.9. The van der Waals surface area contributed by atoms with Gasteiger partial charge in [0.25, 0.3) is 5.91 Å². The van der Waals surface area contributed by atoms with E-state index in [2.05, 4.69) is 0 Å². The number of carbonyl (C=O) groups excluding carboxylic acids is 3. The molecule has 0 N–H and O–H groups in total. The highest BCUT2D eigenvalue weighted by Crippen LogP contribution is 2.20. The fourth-order valence-electron chi connectivity index (χ4n) is 2.31. The minimum Gasteiger partial charge on any atom is -0.461 e. The third-order valence-electron chi connectivity index (χ3n) is 4.20. The number of carbonyl (C=O) groups is 3. The summed E-state index contributed by atoms with van der Waals surface area (Å²) in [5.74, 6) is -0.967. The van der Waals surface area contributed by atoms with Crippen molar-refractivity contribution in [3.8, 4) is 5.75 Å². The number of benzene rings is 1. The van der Waals surface area contributed by atoms with Gasteiger partial charge in [0.05, 0.1) is 6.61 Å². The van der Waals surface area contributed by atoms with E-state index in [1.54, 1.807) is 56.6 Å². The van der Waals surface area contributed by atoms with Gasteiger partial charge in [0.1, 0.15) is 11.3 Å².